The second kappa shape index (κ2) is 25.3. The molecule has 0 spiro atoms. The molecule has 0 aliphatic carbocycles. The Hall–Kier alpha value is -3.85. The number of nitrogens with two attached hydrogens (primary N) is 1. The molecule has 0 aromatic heterocycles. The molecule has 302 valence electrons. The molecule has 0 bridgehead atoms. The smallest absolute Gasteiger partial charge is 0.315 e. The Balaban J connectivity index is 1.34. The second-order valence-corrected chi connectivity index (χ2v) is 15.8. The molecule has 54 heavy (non-hydrogen) atoms. The number of phenols is 1. The minimum atomic E-state index is -0.863. The number of urea groups is 1. The SMILES string of the molecule is CNCCCCCC(=O)NCCCCCC(=O)N[C@@H](Cc1ccc(O)cc1)C(=O)C[C@@H](CCCCNC(=O)CCCCC1SCC2NC(=O)NC21)C(N)=O. The van der Waals surface area contributed by atoms with E-state index in [1.165, 1.54) is 12.1 Å². The van der Waals surface area contributed by atoms with Gasteiger partial charge in [-0.1, -0.05) is 37.8 Å². The Morgan fingerprint density at radius 1 is 0.815 bits per heavy atom. The first-order chi connectivity index (χ1) is 26.0. The van der Waals surface area contributed by atoms with Gasteiger partial charge in [-0.25, -0.2) is 4.79 Å². The Morgan fingerprint density at radius 2 is 1.43 bits per heavy atom. The Morgan fingerprint density at radius 3 is 2.07 bits per heavy atom. The standard InChI is InChI=1S/C39H63N7O7S/c1-41-21-9-2-4-14-34(49)42-22-10-3-5-16-36(51)44-30(24-27-17-19-29(47)20-18-27)32(48)25-28(38(40)52)12-8-11-23-43-35(50)15-7-6-13-33-37-31(26-54-33)45-39(53)46-37/h17-20,28,30-31,33,37,41,47H,2-16,21-26H2,1H3,(H2,40,52)(H,42,49)(H,43,50)(H,44,51)(H2,45,46,53)/t28-,30+,31?,33?,37?/m1/s1. The number of hydrogen-bond acceptors (Lipinski definition) is 9. The summed E-state index contributed by atoms with van der Waals surface area (Å²) in [5, 5.41) is 27.8. The van der Waals surface area contributed by atoms with Gasteiger partial charge in [0.2, 0.25) is 23.6 Å². The number of carbonyl (C=O) groups excluding carboxylic acids is 6. The van der Waals surface area contributed by atoms with Gasteiger partial charge in [-0.05, 0) is 89.1 Å². The molecule has 6 amide bonds. The van der Waals surface area contributed by atoms with Crippen LogP contribution in [0.15, 0.2) is 24.3 Å². The van der Waals surface area contributed by atoms with E-state index >= 15 is 0 Å². The number of fused-ring (bicyclic) bond motifs is 1. The van der Waals surface area contributed by atoms with E-state index in [2.05, 4.69) is 31.9 Å². The molecule has 0 saturated carbocycles. The highest BCUT2D eigenvalue weighted by Gasteiger charge is 2.42. The maximum absolute atomic E-state index is 13.5. The van der Waals surface area contributed by atoms with Crippen LogP contribution in [0.25, 0.3) is 0 Å². The van der Waals surface area contributed by atoms with E-state index in [0.717, 1.165) is 69.2 Å². The number of thioether (sulfide) groups is 1. The van der Waals surface area contributed by atoms with Gasteiger partial charge in [0.05, 0.1) is 18.1 Å². The van der Waals surface area contributed by atoms with Crippen molar-refractivity contribution < 1.29 is 33.9 Å². The first-order valence-corrected chi connectivity index (χ1v) is 20.9. The molecule has 2 heterocycles. The number of unbranched alkanes of at least 4 members (excludes halogenated alkanes) is 6. The lowest BCUT2D eigenvalue weighted by molar-refractivity contribution is -0.130. The van der Waals surface area contributed by atoms with Crippen molar-refractivity contribution in [2.24, 2.45) is 11.7 Å². The van der Waals surface area contributed by atoms with E-state index in [4.69, 9.17) is 5.73 Å². The zero-order chi connectivity index (χ0) is 39.1. The number of aromatic hydroxyl groups is 1. The summed E-state index contributed by atoms with van der Waals surface area (Å²) < 4.78 is 0. The fourth-order valence-corrected chi connectivity index (χ4v) is 8.43. The highest BCUT2D eigenvalue weighted by atomic mass is 32.2. The predicted molar refractivity (Wildman–Crippen MR) is 211 cm³/mol. The number of benzene rings is 1. The van der Waals surface area contributed by atoms with E-state index in [1.807, 2.05) is 18.8 Å². The summed E-state index contributed by atoms with van der Waals surface area (Å²) in [7, 11) is 1.91. The number of nitrogens with one attached hydrogen (secondary N) is 6. The minimum Gasteiger partial charge on any atom is -0.508 e. The van der Waals surface area contributed by atoms with Crippen molar-refractivity contribution in [3.05, 3.63) is 29.8 Å². The Labute approximate surface area is 324 Å². The number of primary amides is 1. The topological polar surface area (TPSA) is 221 Å². The van der Waals surface area contributed by atoms with Crippen LogP contribution >= 0.6 is 11.8 Å². The Kier molecular flexibility index (Phi) is 20.8. The lowest BCUT2D eigenvalue weighted by Gasteiger charge is -2.21. The molecular weight excluding hydrogens is 711 g/mol. The number of carbonyl (C=O) groups is 6. The van der Waals surface area contributed by atoms with Gasteiger partial charge in [0.25, 0.3) is 0 Å². The van der Waals surface area contributed by atoms with Crippen LogP contribution in [0.3, 0.4) is 0 Å². The largest absolute Gasteiger partial charge is 0.508 e. The molecule has 2 aliphatic heterocycles. The summed E-state index contributed by atoms with van der Waals surface area (Å²) in [5.74, 6) is -0.817. The highest BCUT2D eigenvalue weighted by Crippen LogP contribution is 2.33. The molecule has 9 N–H and O–H groups in total. The maximum atomic E-state index is 13.5. The van der Waals surface area contributed by atoms with Crippen molar-refractivity contribution in [1.29, 1.82) is 0 Å². The number of amides is 6. The zero-order valence-electron chi connectivity index (χ0n) is 31.9. The van der Waals surface area contributed by atoms with E-state index in [0.29, 0.717) is 56.9 Å². The molecule has 15 heteroatoms. The molecule has 1 aromatic rings. The molecular formula is C39H63N7O7S. The van der Waals surface area contributed by atoms with Gasteiger partial charge >= 0.3 is 6.03 Å². The number of phenolic OH excluding ortho intramolecular Hbond substituents is 1. The van der Waals surface area contributed by atoms with Gasteiger partial charge in [-0.3, -0.25) is 24.0 Å². The predicted octanol–water partition coefficient (Wildman–Crippen LogP) is 2.95. The average molecular weight is 774 g/mol. The summed E-state index contributed by atoms with van der Waals surface area (Å²) in [6.07, 6.45) is 10.5. The fourth-order valence-electron chi connectivity index (χ4n) is 6.88. The second-order valence-electron chi connectivity index (χ2n) is 14.5. The molecule has 14 nitrogen and oxygen atoms in total. The zero-order valence-corrected chi connectivity index (χ0v) is 32.7. The summed E-state index contributed by atoms with van der Waals surface area (Å²) >= 11 is 1.87. The fraction of sp³-hybridized carbons (Fsp3) is 0.692. The van der Waals surface area contributed by atoms with Crippen LogP contribution in [0.1, 0.15) is 108 Å². The quantitative estimate of drug-likeness (QED) is 0.0443. The average Bonchev–Trinajstić information content (AvgIpc) is 3.70. The summed E-state index contributed by atoms with van der Waals surface area (Å²) in [6, 6.07) is 5.83. The van der Waals surface area contributed by atoms with E-state index in [-0.39, 0.29) is 66.6 Å². The van der Waals surface area contributed by atoms with Crippen molar-refractivity contribution in [3.8, 4) is 5.75 Å². The highest BCUT2D eigenvalue weighted by molar-refractivity contribution is 8.00. The maximum Gasteiger partial charge on any atom is 0.315 e. The number of ketones is 1. The third-order valence-electron chi connectivity index (χ3n) is 10.1. The van der Waals surface area contributed by atoms with Crippen LogP contribution in [0.4, 0.5) is 4.79 Å². The molecule has 5 atom stereocenters. The van der Waals surface area contributed by atoms with Crippen LogP contribution in [-0.2, 0) is 30.4 Å². The van der Waals surface area contributed by atoms with Crippen molar-refractivity contribution in [1.82, 2.24) is 31.9 Å². The third kappa shape index (κ3) is 17.5. The number of Topliss-reactive ketones (excluding diaryl/α,β-unsaturated/α-hetero) is 1. The Bertz CT molecular complexity index is 1350. The van der Waals surface area contributed by atoms with Crippen LogP contribution in [0, 0.1) is 5.92 Å². The summed E-state index contributed by atoms with van der Waals surface area (Å²) in [6.45, 7) is 1.97. The van der Waals surface area contributed by atoms with Gasteiger partial charge in [0.15, 0.2) is 5.78 Å². The van der Waals surface area contributed by atoms with Gasteiger partial charge in [-0.2, -0.15) is 11.8 Å². The first-order valence-electron chi connectivity index (χ1n) is 19.8. The number of rotatable bonds is 29. The van der Waals surface area contributed by atoms with Crippen molar-refractivity contribution in [2.45, 2.75) is 133 Å². The molecule has 1 aromatic carbocycles. The van der Waals surface area contributed by atoms with Crippen LogP contribution in [0.2, 0.25) is 0 Å². The molecule has 3 unspecified atom stereocenters. The molecule has 2 saturated heterocycles. The summed E-state index contributed by atoms with van der Waals surface area (Å²) in [4.78, 5) is 74.8. The molecule has 2 aliphatic rings. The minimum absolute atomic E-state index is 0.0224. The number of hydrogen-bond donors (Lipinski definition) is 8. The molecule has 2 fully saturated rings. The summed E-state index contributed by atoms with van der Waals surface area (Å²) in [5.41, 5.74) is 6.45. The monoisotopic (exact) mass is 773 g/mol. The lowest BCUT2D eigenvalue weighted by atomic mass is 9.90. The molecule has 0 radical (unpaired) electrons. The van der Waals surface area contributed by atoms with E-state index in [1.54, 1.807) is 12.1 Å². The van der Waals surface area contributed by atoms with E-state index in [9.17, 15) is 33.9 Å². The van der Waals surface area contributed by atoms with Crippen LogP contribution < -0.4 is 37.6 Å². The van der Waals surface area contributed by atoms with Gasteiger partial charge in [0.1, 0.15) is 5.75 Å². The normalized spacial score (nSPS) is 18.5. The third-order valence-corrected chi connectivity index (χ3v) is 11.6. The molecule has 3 rings (SSSR count). The van der Waals surface area contributed by atoms with Crippen LogP contribution in [-0.4, -0.2) is 96.4 Å². The first kappa shape index (κ1) is 44.5. The van der Waals surface area contributed by atoms with Gasteiger partial charge in [0, 0.05) is 55.7 Å². The van der Waals surface area contributed by atoms with Gasteiger partial charge < -0.3 is 42.7 Å². The van der Waals surface area contributed by atoms with Crippen LogP contribution in [0.5, 0.6) is 5.75 Å². The van der Waals surface area contributed by atoms with Crippen molar-refractivity contribution >= 4 is 47.2 Å². The van der Waals surface area contributed by atoms with Crippen molar-refractivity contribution in [2.75, 3.05) is 32.4 Å². The van der Waals surface area contributed by atoms with E-state index < -0.39 is 17.9 Å². The van der Waals surface area contributed by atoms with Gasteiger partial charge in [-0.15, -0.1) is 0 Å². The lowest BCUT2D eigenvalue weighted by Crippen LogP contribution is -2.43. The van der Waals surface area contributed by atoms with Crippen molar-refractivity contribution in [3.63, 3.8) is 0 Å².